The van der Waals surface area contributed by atoms with E-state index < -0.39 is 34.8 Å². The molecular formula is C14H11F6NO3. The molecule has 0 aliphatic heterocycles. The van der Waals surface area contributed by atoms with E-state index in [1.165, 1.54) is 6.92 Å². The highest BCUT2D eigenvalue weighted by molar-refractivity contribution is 5.88. The minimum absolute atomic E-state index is 0.0713. The number of methoxy groups -OCH3 is 1. The van der Waals surface area contributed by atoms with Gasteiger partial charge in [0.2, 0.25) is 5.56 Å². The van der Waals surface area contributed by atoms with Gasteiger partial charge >= 0.3 is 12.4 Å². The molecule has 0 saturated heterocycles. The van der Waals surface area contributed by atoms with E-state index in [9.17, 15) is 36.2 Å². The fraction of sp³-hybridized carbons (Fsp3) is 0.357. The van der Waals surface area contributed by atoms with Crippen molar-refractivity contribution in [2.45, 2.75) is 24.9 Å². The smallest absolute Gasteiger partial charge is 0.430 e. The molecule has 0 fully saturated rings. The van der Waals surface area contributed by atoms with Gasteiger partial charge in [-0.2, -0.15) is 26.3 Å². The standard InChI is InChI=1S/C14H11F6NO3/c1-6-3-10(22)21-11-8(6)4-7(5-9(11)24-2)12(23,13(15,16)17)14(18,19)20/h3-5,23H,1-2H3,(H,21,22). The molecule has 0 aliphatic carbocycles. The highest BCUT2D eigenvalue weighted by Crippen LogP contribution is 2.51. The Morgan fingerprint density at radius 3 is 2.04 bits per heavy atom. The van der Waals surface area contributed by atoms with Gasteiger partial charge in [-0.3, -0.25) is 4.79 Å². The Hall–Kier alpha value is -2.23. The number of fused-ring (bicyclic) bond motifs is 1. The number of aryl methyl sites for hydroxylation is 1. The van der Waals surface area contributed by atoms with Crippen LogP contribution >= 0.6 is 0 Å². The Morgan fingerprint density at radius 1 is 1.04 bits per heavy atom. The third-order valence-electron chi connectivity index (χ3n) is 3.58. The van der Waals surface area contributed by atoms with Crippen LogP contribution in [0.2, 0.25) is 0 Å². The molecule has 0 saturated carbocycles. The fourth-order valence-electron chi connectivity index (χ4n) is 2.35. The van der Waals surface area contributed by atoms with E-state index in [1.807, 2.05) is 0 Å². The van der Waals surface area contributed by atoms with Crippen LogP contribution in [0.4, 0.5) is 26.3 Å². The second kappa shape index (κ2) is 5.40. The Morgan fingerprint density at radius 2 is 1.58 bits per heavy atom. The molecule has 24 heavy (non-hydrogen) atoms. The molecular weight excluding hydrogens is 344 g/mol. The summed E-state index contributed by atoms with van der Waals surface area (Å²) in [6.07, 6.45) is -12.0. The number of hydrogen-bond donors (Lipinski definition) is 2. The van der Waals surface area contributed by atoms with Crippen LogP contribution in [0.3, 0.4) is 0 Å². The van der Waals surface area contributed by atoms with Gasteiger partial charge in [0.05, 0.1) is 12.6 Å². The minimum atomic E-state index is -6.01. The van der Waals surface area contributed by atoms with E-state index >= 15 is 0 Å². The molecule has 132 valence electrons. The van der Waals surface area contributed by atoms with Crippen molar-refractivity contribution < 1.29 is 36.2 Å². The van der Waals surface area contributed by atoms with E-state index in [4.69, 9.17) is 4.74 Å². The molecule has 0 aliphatic rings. The maximum atomic E-state index is 13.0. The first-order valence-electron chi connectivity index (χ1n) is 6.41. The van der Waals surface area contributed by atoms with E-state index in [2.05, 4.69) is 4.98 Å². The van der Waals surface area contributed by atoms with Gasteiger partial charge in [0.25, 0.3) is 5.60 Å². The Balaban J connectivity index is 2.93. The average Bonchev–Trinajstić information content (AvgIpc) is 2.43. The highest BCUT2D eigenvalue weighted by atomic mass is 19.4. The molecule has 0 spiro atoms. The number of aromatic nitrogens is 1. The van der Waals surface area contributed by atoms with Gasteiger partial charge < -0.3 is 14.8 Å². The fourth-order valence-corrected chi connectivity index (χ4v) is 2.35. The summed E-state index contributed by atoms with van der Waals surface area (Å²) < 4.78 is 82.9. The van der Waals surface area contributed by atoms with E-state index in [0.717, 1.165) is 13.2 Å². The summed E-state index contributed by atoms with van der Waals surface area (Å²) in [6, 6.07) is 1.94. The van der Waals surface area contributed by atoms with Crippen LogP contribution in [0.1, 0.15) is 11.1 Å². The lowest BCUT2D eigenvalue weighted by Gasteiger charge is -2.33. The van der Waals surface area contributed by atoms with Crippen molar-refractivity contribution in [3.63, 3.8) is 0 Å². The third kappa shape index (κ3) is 2.60. The predicted molar refractivity (Wildman–Crippen MR) is 71.9 cm³/mol. The topological polar surface area (TPSA) is 62.3 Å². The van der Waals surface area contributed by atoms with Crippen LogP contribution in [0.25, 0.3) is 10.9 Å². The Kier molecular flexibility index (Phi) is 4.08. The number of ether oxygens (including phenoxy) is 1. The average molecular weight is 355 g/mol. The SMILES string of the molecule is COc1cc(C(O)(C(F)(F)F)C(F)(F)F)cc2c(C)cc(=O)[nH]c12. The van der Waals surface area contributed by atoms with Crippen molar-refractivity contribution >= 4 is 10.9 Å². The number of hydrogen-bond acceptors (Lipinski definition) is 3. The molecule has 2 aromatic rings. The number of halogens is 6. The summed E-state index contributed by atoms with van der Waals surface area (Å²) in [5.74, 6) is -0.435. The van der Waals surface area contributed by atoms with Crippen molar-refractivity contribution in [2.24, 2.45) is 0 Å². The molecule has 2 N–H and O–H groups in total. The molecule has 0 atom stereocenters. The largest absolute Gasteiger partial charge is 0.495 e. The molecule has 4 nitrogen and oxygen atoms in total. The number of alkyl halides is 6. The zero-order chi connectivity index (χ0) is 18.5. The van der Waals surface area contributed by atoms with E-state index in [1.54, 1.807) is 0 Å². The van der Waals surface area contributed by atoms with E-state index in [-0.39, 0.29) is 16.5 Å². The van der Waals surface area contributed by atoms with Crippen molar-refractivity contribution in [2.75, 3.05) is 7.11 Å². The summed E-state index contributed by atoms with van der Waals surface area (Å²) in [7, 11) is 1.01. The first-order valence-corrected chi connectivity index (χ1v) is 6.41. The molecule has 0 radical (unpaired) electrons. The third-order valence-corrected chi connectivity index (χ3v) is 3.58. The lowest BCUT2D eigenvalue weighted by atomic mass is 9.90. The normalized spacial score (nSPS) is 13.4. The zero-order valence-corrected chi connectivity index (χ0v) is 12.3. The quantitative estimate of drug-likeness (QED) is 0.814. The monoisotopic (exact) mass is 355 g/mol. The van der Waals surface area contributed by atoms with Gasteiger partial charge in [0.1, 0.15) is 5.75 Å². The first kappa shape index (κ1) is 18.1. The predicted octanol–water partition coefficient (Wildman–Crippen LogP) is 3.16. The van der Waals surface area contributed by atoms with Gasteiger partial charge in [-0.05, 0) is 24.6 Å². The number of nitrogens with one attached hydrogen (secondary N) is 1. The Bertz CT molecular complexity index is 823. The van der Waals surface area contributed by atoms with Gasteiger partial charge in [0.15, 0.2) is 0 Å². The minimum Gasteiger partial charge on any atom is -0.495 e. The Labute approximate surface area is 130 Å². The zero-order valence-electron chi connectivity index (χ0n) is 12.3. The van der Waals surface area contributed by atoms with Crippen LogP contribution < -0.4 is 10.3 Å². The van der Waals surface area contributed by atoms with Gasteiger partial charge in [-0.15, -0.1) is 0 Å². The van der Waals surface area contributed by atoms with Gasteiger partial charge in [-0.25, -0.2) is 0 Å². The number of rotatable bonds is 2. The summed E-state index contributed by atoms with van der Waals surface area (Å²) in [5, 5.41) is 9.39. The van der Waals surface area contributed by atoms with Crippen LogP contribution in [-0.2, 0) is 5.60 Å². The van der Waals surface area contributed by atoms with Crippen molar-refractivity contribution in [1.82, 2.24) is 4.98 Å². The van der Waals surface area contributed by atoms with Crippen LogP contribution in [0.5, 0.6) is 5.75 Å². The molecule has 2 rings (SSSR count). The number of aliphatic hydroxyl groups is 1. The molecule has 1 aromatic carbocycles. The molecule has 1 aromatic heterocycles. The molecule has 0 unspecified atom stereocenters. The van der Waals surface area contributed by atoms with E-state index in [0.29, 0.717) is 12.1 Å². The van der Waals surface area contributed by atoms with Gasteiger partial charge in [-0.1, -0.05) is 0 Å². The summed E-state index contributed by atoms with van der Waals surface area (Å²) >= 11 is 0. The highest BCUT2D eigenvalue weighted by Gasteiger charge is 2.71. The van der Waals surface area contributed by atoms with Crippen LogP contribution in [0.15, 0.2) is 23.0 Å². The lowest BCUT2D eigenvalue weighted by molar-refractivity contribution is -0.376. The number of aromatic amines is 1. The van der Waals surface area contributed by atoms with Crippen LogP contribution in [0, 0.1) is 6.92 Å². The molecule has 0 bridgehead atoms. The lowest BCUT2D eigenvalue weighted by Crippen LogP contribution is -2.53. The summed E-state index contributed by atoms with van der Waals surface area (Å²) in [6.45, 7) is 1.33. The number of pyridine rings is 1. The maximum Gasteiger partial charge on any atom is 0.430 e. The molecule has 10 heteroatoms. The number of benzene rings is 1. The maximum absolute atomic E-state index is 13.0. The number of H-pyrrole nitrogens is 1. The van der Waals surface area contributed by atoms with Crippen molar-refractivity contribution in [3.8, 4) is 5.75 Å². The van der Waals surface area contributed by atoms with Gasteiger partial charge in [0, 0.05) is 17.0 Å². The van der Waals surface area contributed by atoms with Crippen LogP contribution in [-0.4, -0.2) is 29.6 Å². The van der Waals surface area contributed by atoms with Crippen molar-refractivity contribution in [3.05, 3.63) is 39.7 Å². The summed E-state index contributed by atoms with van der Waals surface area (Å²) in [5.41, 5.74) is -7.09. The van der Waals surface area contributed by atoms with Crippen molar-refractivity contribution in [1.29, 1.82) is 0 Å². The second-order valence-electron chi connectivity index (χ2n) is 5.12. The molecule has 0 amide bonds. The second-order valence-corrected chi connectivity index (χ2v) is 5.12. The summed E-state index contributed by atoms with van der Waals surface area (Å²) in [4.78, 5) is 13.7. The molecule has 1 heterocycles. The first-order chi connectivity index (χ1) is 10.8.